The molecular formula is C51H89NO8P+. The zero-order chi connectivity index (χ0) is 45.0. The lowest BCUT2D eigenvalue weighted by Crippen LogP contribution is -2.37. The molecule has 9 nitrogen and oxygen atoms in total. The number of rotatable bonds is 42. The topological polar surface area (TPSA) is 108 Å². The van der Waals surface area contributed by atoms with Gasteiger partial charge in [-0.25, -0.2) is 4.57 Å². The first-order valence-electron chi connectivity index (χ1n) is 23.8. The highest BCUT2D eigenvalue weighted by atomic mass is 31.2. The number of hydrogen-bond donors (Lipinski definition) is 1. The van der Waals surface area contributed by atoms with Crippen LogP contribution >= 0.6 is 7.82 Å². The van der Waals surface area contributed by atoms with E-state index < -0.39 is 26.5 Å². The normalized spacial score (nSPS) is 14.3. The Morgan fingerprint density at radius 2 is 0.934 bits per heavy atom. The Morgan fingerprint density at radius 3 is 1.39 bits per heavy atom. The van der Waals surface area contributed by atoms with Crippen molar-refractivity contribution in [2.75, 3.05) is 47.5 Å². The van der Waals surface area contributed by atoms with Crippen molar-refractivity contribution in [3.05, 3.63) is 85.1 Å². The number of likely N-dealkylation sites (N-methyl/N-ethyl adjacent to an activating group) is 1. The van der Waals surface area contributed by atoms with Crippen LogP contribution in [0, 0.1) is 0 Å². The molecule has 0 aliphatic rings. The van der Waals surface area contributed by atoms with Crippen molar-refractivity contribution in [2.45, 2.75) is 180 Å². The van der Waals surface area contributed by atoms with Crippen LogP contribution in [0.5, 0.6) is 0 Å². The fraction of sp³-hybridized carbons (Fsp3) is 0.686. The van der Waals surface area contributed by atoms with Gasteiger partial charge in [0.15, 0.2) is 6.10 Å². The summed E-state index contributed by atoms with van der Waals surface area (Å²) in [5, 5.41) is 0. The average molecular weight is 875 g/mol. The number of nitrogens with zero attached hydrogens (tertiary/aromatic N) is 1. The Kier molecular flexibility index (Phi) is 40.5. The number of quaternary nitrogens is 1. The number of phosphoric ester groups is 1. The third kappa shape index (κ3) is 46.5. The van der Waals surface area contributed by atoms with Crippen molar-refractivity contribution in [3.63, 3.8) is 0 Å². The molecule has 0 saturated carbocycles. The first-order valence-corrected chi connectivity index (χ1v) is 25.3. The van der Waals surface area contributed by atoms with E-state index in [1.165, 1.54) is 44.9 Å². The zero-order valence-electron chi connectivity index (χ0n) is 39.4. The molecular weight excluding hydrogens is 786 g/mol. The van der Waals surface area contributed by atoms with E-state index in [4.69, 9.17) is 18.5 Å². The number of phosphoric acid groups is 1. The molecule has 350 valence electrons. The highest BCUT2D eigenvalue weighted by molar-refractivity contribution is 7.47. The predicted molar refractivity (Wildman–Crippen MR) is 256 cm³/mol. The van der Waals surface area contributed by atoms with Gasteiger partial charge in [0, 0.05) is 12.8 Å². The maximum Gasteiger partial charge on any atom is 0.472 e. The average Bonchev–Trinajstić information content (AvgIpc) is 3.21. The van der Waals surface area contributed by atoms with E-state index in [-0.39, 0.29) is 32.0 Å². The second kappa shape index (κ2) is 42.5. The van der Waals surface area contributed by atoms with Crippen molar-refractivity contribution in [3.8, 4) is 0 Å². The molecule has 0 radical (unpaired) electrons. The monoisotopic (exact) mass is 875 g/mol. The van der Waals surface area contributed by atoms with Gasteiger partial charge in [-0.05, 0) is 70.6 Å². The summed E-state index contributed by atoms with van der Waals surface area (Å²) in [7, 11) is 1.45. The third-order valence-electron chi connectivity index (χ3n) is 9.69. The summed E-state index contributed by atoms with van der Waals surface area (Å²) >= 11 is 0. The number of ether oxygens (including phenoxy) is 2. The van der Waals surface area contributed by atoms with Crippen molar-refractivity contribution in [1.29, 1.82) is 0 Å². The second-order valence-corrected chi connectivity index (χ2v) is 18.2. The van der Waals surface area contributed by atoms with Gasteiger partial charge < -0.3 is 18.9 Å². The van der Waals surface area contributed by atoms with E-state index in [1.54, 1.807) is 0 Å². The van der Waals surface area contributed by atoms with Gasteiger partial charge in [0.1, 0.15) is 19.8 Å². The fourth-order valence-corrected chi connectivity index (χ4v) is 6.73. The predicted octanol–water partition coefficient (Wildman–Crippen LogP) is 14.0. The number of unbranched alkanes of at least 4 members (excludes halogenated alkanes) is 14. The molecule has 61 heavy (non-hydrogen) atoms. The van der Waals surface area contributed by atoms with Crippen molar-refractivity contribution in [2.24, 2.45) is 0 Å². The highest BCUT2D eigenvalue weighted by Gasteiger charge is 2.27. The Morgan fingerprint density at radius 1 is 0.525 bits per heavy atom. The van der Waals surface area contributed by atoms with E-state index >= 15 is 0 Å². The van der Waals surface area contributed by atoms with Crippen LogP contribution in [-0.2, 0) is 32.7 Å². The molecule has 0 aliphatic heterocycles. The summed E-state index contributed by atoms with van der Waals surface area (Å²) in [5.41, 5.74) is 0. The quantitative estimate of drug-likeness (QED) is 0.0212. The molecule has 2 atom stereocenters. The number of hydrogen-bond acceptors (Lipinski definition) is 7. The summed E-state index contributed by atoms with van der Waals surface area (Å²) in [6.07, 6.45) is 55.0. The Bertz CT molecular complexity index is 1310. The standard InChI is InChI=1S/C51H88NO8P/c1-6-8-10-12-14-16-18-19-20-21-22-23-24-25-26-27-28-29-30-31-32-33-34-36-38-40-42-44-51(54)60-49(48-59-61(55,56)58-46-45-52(3,4)5)47-57-50(53)43-41-39-37-35-17-15-13-11-9-7-2/h8,10,14,16,19-20,22-23,25-26,28-29,31-32,49H,6-7,9,11-13,15,17-18,21,24,27,30,33-48H2,1-5H3/p+1/b10-8-,16-14-,20-19-,23-22-,26-25-,29-28-,32-31-. The van der Waals surface area contributed by atoms with E-state index in [9.17, 15) is 19.0 Å². The van der Waals surface area contributed by atoms with Gasteiger partial charge in [-0.3, -0.25) is 18.6 Å². The lowest BCUT2D eigenvalue weighted by molar-refractivity contribution is -0.870. The van der Waals surface area contributed by atoms with Gasteiger partial charge in [0.25, 0.3) is 0 Å². The molecule has 2 unspecified atom stereocenters. The molecule has 0 aromatic heterocycles. The minimum Gasteiger partial charge on any atom is -0.462 e. The number of carbonyl (C=O) groups is 2. The number of esters is 2. The molecule has 0 saturated heterocycles. The Labute approximate surface area is 373 Å². The van der Waals surface area contributed by atoms with E-state index in [2.05, 4.69) is 98.9 Å². The van der Waals surface area contributed by atoms with Crippen LogP contribution in [0.25, 0.3) is 0 Å². The lowest BCUT2D eigenvalue weighted by atomic mass is 10.1. The summed E-state index contributed by atoms with van der Waals surface area (Å²) in [5.74, 6) is -0.828. The first kappa shape index (κ1) is 58.2. The van der Waals surface area contributed by atoms with E-state index in [0.717, 1.165) is 96.3 Å². The summed E-state index contributed by atoms with van der Waals surface area (Å²) in [4.78, 5) is 35.4. The first-order chi connectivity index (χ1) is 29.5. The molecule has 0 bridgehead atoms. The van der Waals surface area contributed by atoms with Crippen LogP contribution in [0.1, 0.15) is 174 Å². The molecule has 1 N–H and O–H groups in total. The van der Waals surface area contributed by atoms with Gasteiger partial charge in [-0.1, -0.05) is 176 Å². The van der Waals surface area contributed by atoms with Crippen molar-refractivity contribution < 1.29 is 42.1 Å². The summed E-state index contributed by atoms with van der Waals surface area (Å²) in [6.45, 7) is 4.25. The maximum absolute atomic E-state index is 12.7. The van der Waals surface area contributed by atoms with Crippen LogP contribution in [0.4, 0.5) is 0 Å². The smallest absolute Gasteiger partial charge is 0.462 e. The number of allylic oxidation sites excluding steroid dienone is 14. The molecule has 0 spiro atoms. The lowest BCUT2D eigenvalue weighted by Gasteiger charge is -2.24. The Balaban J connectivity index is 4.29. The second-order valence-electron chi connectivity index (χ2n) is 16.8. The van der Waals surface area contributed by atoms with E-state index in [0.29, 0.717) is 17.4 Å². The van der Waals surface area contributed by atoms with Crippen molar-refractivity contribution in [1.82, 2.24) is 0 Å². The van der Waals surface area contributed by atoms with Gasteiger partial charge in [0.05, 0.1) is 27.7 Å². The van der Waals surface area contributed by atoms with Crippen LogP contribution in [-0.4, -0.2) is 74.9 Å². The summed E-state index contributed by atoms with van der Waals surface area (Å²) < 4.78 is 34.3. The SMILES string of the molecule is CC/C=C\C/C=C\C/C=C\C/C=C\C/C=C\C/C=C\C/C=C\CCCCCCCC(=O)OC(COC(=O)CCCCCCCCCCCC)COP(=O)(O)OCC[N+](C)(C)C. The fourth-order valence-electron chi connectivity index (χ4n) is 5.99. The van der Waals surface area contributed by atoms with Crippen LogP contribution < -0.4 is 0 Å². The molecule has 0 aromatic rings. The molecule has 0 rings (SSSR count). The zero-order valence-corrected chi connectivity index (χ0v) is 40.3. The van der Waals surface area contributed by atoms with Gasteiger partial charge in [-0.2, -0.15) is 0 Å². The minimum atomic E-state index is -4.38. The Hall–Kier alpha value is -2.81. The molecule has 0 heterocycles. The molecule has 0 fully saturated rings. The van der Waals surface area contributed by atoms with Crippen molar-refractivity contribution >= 4 is 19.8 Å². The minimum absolute atomic E-state index is 0.0240. The van der Waals surface area contributed by atoms with Crippen LogP contribution in [0.3, 0.4) is 0 Å². The molecule has 10 heteroatoms. The molecule has 0 aliphatic carbocycles. The molecule has 0 aromatic carbocycles. The molecule has 0 amide bonds. The van der Waals surface area contributed by atoms with Gasteiger partial charge in [0.2, 0.25) is 0 Å². The van der Waals surface area contributed by atoms with Gasteiger partial charge in [-0.15, -0.1) is 0 Å². The third-order valence-corrected chi connectivity index (χ3v) is 10.7. The summed E-state index contributed by atoms with van der Waals surface area (Å²) in [6, 6.07) is 0. The van der Waals surface area contributed by atoms with E-state index in [1.807, 2.05) is 21.1 Å². The number of carbonyl (C=O) groups excluding carboxylic acids is 2. The largest absolute Gasteiger partial charge is 0.472 e. The highest BCUT2D eigenvalue weighted by Crippen LogP contribution is 2.43. The maximum atomic E-state index is 12.7. The van der Waals surface area contributed by atoms with Gasteiger partial charge >= 0.3 is 19.8 Å². The van der Waals surface area contributed by atoms with Crippen LogP contribution in [0.2, 0.25) is 0 Å². The van der Waals surface area contributed by atoms with Crippen LogP contribution in [0.15, 0.2) is 85.1 Å².